The molecule has 112 valence electrons. The molecule has 0 bridgehead atoms. The number of amides is 1. The first kappa shape index (κ1) is 16.5. The van der Waals surface area contributed by atoms with Gasteiger partial charge in [-0.15, -0.1) is 0 Å². The summed E-state index contributed by atoms with van der Waals surface area (Å²) < 4.78 is 49.5. The van der Waals surface area contributed by atoms with Crippen LogP contribution in [-0.2, 0) is 10.0 Å². The van der Waals surface area contributed by atoms with Crippen LogP contribution in [0.25, 0.3) is 0 Å². The number of nitrogens with two attached hydrogens (primary N) is 1. The van der Waals surface area contributed by atoms with Crippen molar-refractivity contribution >= 4 is 15.9 Å². The van der Waals surface area contributed by atoms with E-state index in [1.165, 1.54) is 4.90 Å². The van der Waals surface area contributed by atoms with Gasteiger partial charge in [0.25, 0.3) is 5.91 Å². The lowest BCUT2D eigenvalue weighted by Crippen LogP contribution is -2.32. The molecule has 1 rings (SSSR count). The normalized spacial score (nSPS) is 11.4. The maximum absolute atomic E-state index is 13.7. The van der Waals surface area contributed by atoms with Gasteiger partial charge in [0, 0.05) is 13.1 Å². The van der Waals surface area contributed by atoms with Crippen LogP contribution >= 0.6 is 0 Å². The summed E-state index contributed by atoms with van der Waals surface area (Å²) in [6.45, 7) is 4.17. The Hall–Kier alpha value is -1.54. The smallest absolute Gasteiger partial charge is 0.256 e. The van der Waals surface area contributed by atoms with E-state index < -0.39 is 38.0 Å². The Morgan fingerprint density at radius 1 is 1.30 bits per heavy atom. The fourth-order valence-electron chi connectivity index (χ4n) is 1.73. The molecule has 5 nitrogen and oxygen atoms in total. The largest absolute Gasteiger partial charge is 0.339 e. The fraction of sp³-hybridized carbons (Fsp3) is 0.417. The van der Waals surface area contributed by atoms with Crippen molar-refractivity contribution in [3.63, 3.8) is 0 Å². The number of hydrogen-bond acceptors (Lipinski definition) is 3. The van der Waals surface area contributed by atoms with Crippen LogP contribution in [0, 0.1) is 11.6 Å². The van der Waals surface area contributed by atoms with E-state index in [0.717, 1.165) is 6.07 Å². The summed E-state index contributed by atoms with van der Waals surface area (Å²) in [7, 11) is -4.22. The highest BCUT2D eigenvalue weighted by atomic mass is 32.2. The second-order valence-corrected chi connectivity index (χ2v) is 5.76. The SMILES string of the molecule is CCCN(CC)C(=O)c1cc(S(N)(=O)=O)cc(F)c1F. The van der Waals surface area contributed by atoms with Crippen LogP contribution in [0.3, 0.4) is 0 Å². The van der Waals surface area contributed by atoms with E-state index in [-0.39, 0.29) is 0 Å². The summed E-state index contributed by atoms with van der Waals surface area (Å²) in [6, 6.07) is 1.21. The second-order valence-electron chi connectivity index (χ2n) is 4.20. The molecule has 0 spiro atoms. The molecule has 0 aliphatic carbocycles. The van der Waals surface area contributed by atoms with Crippen LogP contribution in [-0.4, -0.2) is 32.3 Å². The van der Waals surface area contributed by atoms with Gasteiger partial charge in [-0.1, -0.05) is 6.92 Å². The van der Waals surface area contributed by atoms with Crippen LogP contribution in [0.15, 0.2) is 17.0 Å². The number of hydrogen-bond donors (Lipinski definition) is 1. The van der Waals surface area contributed by atoms with E-state index in [1.54, 1.807) is 6.92 Å². The molecular formula is C12H16F2N2O3S. The Morgan fingerprint density at radius 2 is 1.90 bits per heavy atom. The molecule has 0 saturated carbocycles. The minimum Gasteiger partial charge on any atom is -0.339 e. The number of sulfonamides is 1. The van der Waals surface area contributed by atoms with Crippen molar-refractivity contribution in [2.45, 2.75) is 25.2 Å². The van der Waals surface area contributed by atoms with E-state index in [2.05, 4.69) is 0 Å². The van der Waals surface area contributed by atoms with E-state index in [9.17, 15) is 22.0 Å². The molecule has 0 fully saturated rings. The van der Waals surface area contributed by atoms with Gasteiger partial charge in [0.1, 0.15) is 0 Å². The third-order valence-corrected chi connectivity index (χ3v) is 3.62. The van der Waals surface area contributed by atoms with Crippen molar-refractivity contribution in [3.05, 3.63) is 29.3 Å². The zero-order valence-corrected chi connectivity index (χ0v) is 12.0. The Kier molecular flexibility index (Phi) is 5.18. The standard InChI is InChI=1S/C12H16F2N2O3S/c1-3-5-16(4-2)12(17)9-6-8(20(15,18)19)7-10(13)11(9)14/h6-7H,3-5H2,1-2H3,(H2,15,18,19). The number of halogens is 2. The van der Waals surface area contributed by atoms with Gasteiger partial charge in [-0.2, -0.15) is 0 Å². The highest BCUT2D eigenvalue weighted by Crippen LogP contribution is 2.19. The monoisotopic (exact) mass is 306 g/mol. The summed E-state index contributed by atoms with van der Waals surface area (Å²) in [5.41, 5.74) is -0.635. The number of carbonyl (C=O) groups excluding carboxylic acids is 1. The number of primary sulfonamides is 1. The summed E-state index contributed by atoms with van der Waals surface area (Å²) in [4.78, 5) is 12.8. The third kappa shape index (κ3) is 3.51. The molecule has 0 radical (unpaired) electrons. The Bertz CT molecular complexity index is 617. The fourth-order valence-corrected chi connectivity index (χ4v) is 2.28. The Labute approximate surface area is 116 Å². The van der Waals surface area contributed by atoms with Gasteiger partial charge in [-0.3, -0.25) is 4.79 Å². The van der Waals surface area contributed by atoms with Crippen LogP contribution in [0.1, 0.15) is 30.6 Å². The average Bonchev–Trinajstić information content (AvgIpc) is 2.37. The Balaban J connectivity index is 3.37. The molecule has 1 aromatic rings. The lowest BCUT2D eigenvalue weighted by molar-refractivity contribution is 0.0758. The van der Waals surface area contributed by atoms with Gasteiger partial charge < -0.3 is 4.90 Å². The van der Waals surface area contributed by atoms with Crippen molar-refractivity contribution in [3.8, 4) is 0 Å². The van der Waals surface area contributed by atoms with Crippen molar-refractivity contribution in [2.75, 3.05) is 13.1 Å². The summed E-state index contributed by atoms with van der Waals surface area (Å²) in [5.74, 6) is -3.57. The van der Waals surface area contributed by atoms with E-state index in [0.29, 0.717) is 25.6 Å². The molecule has 1 amide bonds. The van der Waals surface area contributed by atoms with Crippen molar-refractivity contribution in [1.29, 1.82) is 0 Å². The minimum atomic E-state index is -4.22. The predicted octanol–water partition coefficient (Wildman–Crippen LogP) is 1.48. The summed E-state index contributed by atoms with van der Waals surface area (Å²) in [5, 5.41) is 4.87. The Morgan fingerprint density at radius 3 is 2.35 bits per heavy atom. The maximum Gasteiger partial charge on any atom is 0.256 e. The van der Waals surface area contributed by atoms with Crippen LogP contribution in [0.5, 0.6) is 0 Å². The zero-order chi connectivity index (χ0) is 15.5. The topological polar surface area (TPSA) is 80.5 Å². The molecular weight excluding hydrogens is 290 g/mol. The molecule has 1 aromatic carbocycles. The quantitative estimate of drug-likeness (QED) is 0.895. The third-order valence-electron chi connectivity index (χ3n) is 2.72. The van der Waals surface area contributed by atoms with Gasteiger partial charge in [0.15, 0.2) is 11.6 Å². The van der Waals surface area contributed by atoms with Crippen LogP contribution in [0.2, 0.25) is 0 Å². The number of carbonyl (C=O) groups is 1. The highest BCUT2D eigenvalue weighted by Gasteiger charge is 2.23. The van der Waals surface area contributed by atoms with Gasteiger partial charge >= 0.3 is 0 Å². The summed E-state index contributed by atoms with van der Waals surface area (Å²) in [6.07, 6.45) is 0.637. The van der Waals surface area contributed by atoms with Gasteiger partial charge in [0.05, 0.1) is 10.5 Å². The minimum absolute atomic E-state index is 0.299. The number of nitrogens with zero attached hydrogens (tertiary/aromatic N) is 1. The zero-order valence-electron chi connectivity index (χ0n) is 11.2. The summed E-state index contributed by atoms with van der Waals surface area (Å²) >= 11 is 0. The molecule has 0 saturated heterocycles. The molecule has 0 aliphatic rings. The second kappa shape index (κ2) is 6.27. The van der Waals surface area contributed by atoms with Crippen molar-refractivity contribution in [1.82, 2.24) is 4.90 Å². The molecule has 0 atom stereocenters. The highest BCUT2D eigenvalue weighted by molar-refractivity contribution is 7.89. The first-order chi connectivity index (χ1) is 9.22. The van der Waals surface area contributed by atoms with Crippen LogP contribution < -0.4 is 5.14 Å². The van der Waals surface area contributed by atoms with Gasteiger partial charge in [0.2, 0.25) is 10.0 Å². The molecule has 8 heteroatoms. The van der Waals surface area contributed by atoms with Crippen molar-refractivity contribution < 1.29 is 22.0 Å². The molecule has 0 heterocycles. The lowest BCUT2D eigenvalue weighted by atomic mass is 10.1. The number of benzene rings is 1. The van der Waals surface area contributed by atoms with Gasteiger partial charge in [-0.25, -0.2) is 22.3 Å². The molecule has 0 unspecified atom stereocenters. The molecule has 0 aliphatic heterocycles. The van der Waals surface area contributed by atoms with Gasteiger partial charge in [-0.05, 0) is 25.5 Å². The molecule has 2 N–H and O–H groups in total. The van der Waals surface area contributed by atoms with E-state index in [1.807, 2.05) is 6.92 Å². The predicted molar refractivity (Wildman–Crippen MR) is 69.6 cm³/mol. The van der Waals surface area contributed by atoms with Crippen molar-refractivity contribution in [2.24, 2.45) is 5.14 Å². The number of rotatable bonds is 5. The average molecular weight is 306 g/mol. The maximum atomic E-state index is 13.7. The molecule has 20 heavy (non-hydrogen) atoms. The van der Waals surface area contributed by atoms with Crippen LogP contribution in [0.4, 0.5) is 8.78 Å². The lowest BCUT2D eigenvalue weighted by Gasteiger charge is -2.20. The van der Waals surface area contributed by atoms with E-state index in [4.69, 9.17) is 5.14 Å². The first-order valence-corrected chi connectivity index (χ1v) is 7.58. The first-order valence-electron chi connectivity index (χ1n) is 6.03. The molecule has 0 aromatic heterocycles. The van der Waals surface area contributed by atoms with E-state index >= 15 is 0 Å².